The number of hydrogen-bond donors (Lipinski definition) is 3. The molecule has 0 spiro atoms. The fourth-order valence-electron chi connectivity index (χ4n) is 3.90. The predicted octanol–water partition coefficient (Wildman–Crippen LogP) is 3.00. The Hall–Kier alpha value is -4.33. The Kier molecular flexibility index (Phi) is 5.28. The molecule has 0 aliphatic carbocycles. The summed E-state index contributed by atoms with van der Waals surface area (Å²) in [5.74, 6) is -1.50. The van der Waals surface area contributed by atoms with E-state index in [9.17, 15) is 14.8 Å². The highest BCUT2D eigenvalue weighted by Gasteiger charge is 2.34. The first-order valence-electron chi connectivity index (χ1n) is 9.63. The third-order valence-corrected chi connectivity index (χ3v) is 5.24. The Balaban J connectivity index is 2.02. The molecule has 4 rings (SSSR count). The topological polar surface area (TPSA) is 125 Å². The second-order valence-electron chi connectivity index (χ2n) is 7.10. The Bertz CT molecular complexity index is 1150. The maximum Gasteiger partial charge on any atom is 0.249 e. The molecule has 8 nitrogen and oxygen atoms in total. The van der Waals surface area contributed by atoms with Gasteiger partial charge < -0.3 is 26.5 Å². The predicted molar refractivity (Wildman–Crippen MR) is 120 cm³/mol. The van der Waals surface area contributed by atoms with Gasteiger partial charge in [0.15, 0.2) is 0 Å². The summed E-state index contributed by atoms with van der Waals surface area (Å²) in [5, 5.41) is 12.6. The summed E-state index contributed by atoms with van der Waals surface area (Å²) in [5.41, 5.74) is 14.2. The molecule has 5 N–H and O–H groups in total. The van der Waals surface area contributed by atoms with E-state index >= 15 is 0 Å². The lowest BCUT2D eigenvalue weighted by atomic mass is 9.98. The van der Waals surface area contributed by atoms with E-state index in [-0.39, 0.29) is 17.2 Å². The molecule has 1 atom stereocenters. The lowest BCUT2D eigenvalue weighted by Crippen LogP contribution is -2.46. The number of nitrogens with zero attached hydrogens (tertiary/aromatic N) is 3. The Morgan fingerprint density at radius 3 is 1.90 bits per heavy atom. The van der Waals surface area contributed by atoms with Crippen molar-refractivity contribution in [1.29, 1.82) is 0 Å². The Morgan fingerprint density at radius 1 is 0.871 bits per heavy atom. The number of carbonyl (C=O) groups is 2. The van der Waals surface area contributed by atoms with Crippen LogP contribution in [0.3, 0.4) is 0 Å². The highest BCUT2D eigenvalue weighted by Crippen LogP contribution is 2.44. The van der Waals surface area contributed by atoms with E-state index in [1.165, 1.54) is 6.21 Å². The molecule has 1 aliphatic rings. The fourth-order valence-corrected chi connectivity index (χ4v) is 3.90. The number of amides is 2. The minimum Gasteiger partial charge on any atom is -0.411 e. The van der Waals surface area contributed by atoms with Crippen molar-refractivity contribution in [3.8, 4) is 0 Å². The molecule has 1 aliphatic heterocycles. The lowest BCUT2D eigenvalue weighted by molar-refractivity contribution is 0.0967. The molecule has 156 valence electrons. The molecule has 0 fully saturated rings. The van der Waals surface area contributed by atoms with Crippen molar-refractivity contribution < 1.29 is 14.8 Å². The van der Waals surface area contributed by atoms with Gasteiger partial charge in [-0.25, -0.2) is 0 Å². The third kappa shape index (κ3) is 3.66. The number of para-hydroxylation sites is 2. The summed E-state index contributed by atoms with van der Waals surface area (Å²) >= 11 is 0. The second kappa shape index (κ2) is 8.19. The molecule has 0 saturated carbocycles. The molecule has 2 amide bonds. The van der Waals surface area contributed by atoms with Crippen molar-refractivity contribution in [2.24, 2.45) is 16.6 Å². The van der Waals surface area contributed by atoms with E-state index < -0.39 is 11.8 Å². The molecule has 0 bridgehead atoms. The quantitative estimate of drug-likeness (QED) is 0.336. The van der Waals surface area contributed by atoms with Crippen molar-refractivity contribution in [2.45, 2.75) is 6.04 Å². The van der Waals surface area contributed by atoms with Gasteiger partial charge in [0.05, 0.1) is 34.8 Å². The van der Waals surface area contributed by atoms with Gasteiger partial charge in [-0.2, -0.15) is 0 Å². The van der Waals surface area contributed by atoms with Crippen LogP contribution in [0.15, 0.2) is 78.0 Å². The van der Waals surface area contributed by atoms with Crippen LogP contribution in [0.25, 0.3) is 0 Å². The maximum atomic E-state index is 12.1. The largest absolute Gasteiger partial charge is 0.411 e. The third-order valence-electron chi connectivity index (χ3n) is 5.24. The van der Waals surface area contributed by atoms with Crippen LogP contribution in [0.1, 0.15) is 20.7 Å². The summed E-state index contributed by atoms with van der Waals surface area (Å²) in [7, 11) is 0. The summed E-state index contributed by atoms with van der Waals surface area (Å²) < 4.78 is 0. The molecule has 1 heterocycles. The molecule has 3 aromatic carbocycles. The van der Waals surface area contributed by atoms with Crippen molar-refractivity contribution in [3.63, 3.8) is 0 Å². The minimum absolute atomic E-state index is 0.0294. The normalized spacial score (nSPS) is 15.7. The lowest BCUT2D eigenvalue weighted by Gasteiger charge is -2.43. The Labute approximate surface area is 179 Å². The fraction of sp³-hybridized carbons (Fsp3) is 0.0870. The zero-order chi connectivity index (χ0) is 22.0. The molecular weight excluding hydrogens is 394 g/mol. The van der Waals surface area contributed by atoms with E-state index in [1.807, 2.05) is 70.5 Å². The van der Waals surface area contributed by atoms with Crippen LogP contribution in [-0.2, 0) is 0 Å². The molecule has 0 aromatic heterocycles. The van der Waals surface area contributed by atoms with Gasteiger partial charge in [0, 0.05) is 17.9 Å². The summed E-state index contributed by atoms with van der Waals surface area (Å²) in [4.78, 5) is 28.2. The van der Waals surface area contributed by atoms with E-state index in [0.29, 0.717) is 17.9 Å². The van der Waals surface area contributed by atoms with E-state index in [1.54, 1.807) is 12.1 Å². The number of hydrogen-bond acceptors (Lipinski definition) is 6. The average molecular weight is 415 g/mol. The van der Waals surface area contributed by atoms with Crippen LogP contribution in [0, 0.1) is 0 Å². The number of nitrogens with two attached hydrogens (primary N) is 2. The Morgan fingerprint density at radius 2 is 1.39 bits per heavy atom. The van der Waals surface area contributed by atoms with Crippen molar-refractivity contribution in [1.82, 2.24) is 0 Å². The van der Waals surface area contributed by atoms with E-state index in [0.717, 1.165) is 11.4 Å². The van der Waals surface area contributed by atoms with Gasteiger partial charge in [-0.05, 0) is 36.4 Å². The van der Waals surface area contributed by atoms with Crippen LogP contribution < -0.4 is 21.3 Å². The zero-order valence-corrected chi connectivity index (χ0v) is 16.6. The first-order valence-corrected chi connectivity index (χ1v) is 9.63. The minimum atomic E-state index is -0.756. The first kappa shape index (κ1) is 20.0. The number of primary amides is 2. The number of oxime groups is 1. The average Bonchev–Trinajstić information content (AvgIpc) is 2.79. The van der Waals surface area contributed by atoms with Gasteiger partial charge in [-0.15, -0.1) is 0 Å². The van der Waals surface area contributed by atoms with Crippen LogP contribution in [-0.4, -0.2) is 35.8 Å². The van der Waals surface area contributed by atoms with Crippen molar-refractivity contribution in [2.75, 3.05) is 16.3 Å². The number of rotatable bonds is 5. The number of carbonyl (C=O) groups excluding carboxylic acids is 2. The van der Waals surface area contributed by atoms with Gasteiger partial charge in [0.2, 0.25) is 11.8 Å². The maximum absolute atomic E-state index is 12.1. The molecule has 1 unspecified atom stereocenters. The molecule has 31 heavy (non-hydrogen) atoms. The first-order chi connectivity index (χ1) is 15.0. The molecule has 0 saturated heterocycles. The van der Waals surface area contributed by atoms with Gasteiger partial charge in [-0.3, -0.25) is 9.59 Å². The van der Waals surface area contributed by atoms with E-state index in [4.69, 9.17) is 11.5 Å². The smallest absolute Gasteiger partial charge is 0.249 e. The monoisotopic (exact) mass is 415 g/mol. The van der Waals surface area contributed by atoms with Gasteiger partial charge >= 0.3 is 0 Å². The van der Waals surface area contributed by atoms with Crippen LogP contribution in [0.5, 0.6) is 0 Å². The second-order valence-corrected chi connectivity index (χ2v) is 7.10. The van der Waals surface area contributed by atoms with Gasteiger partial charge in [0.25, 0.3) is 0 Å². The molecule has 0 radical (unpaired) electrons. The zero-order valence-electron chi connectivity index (χ0n) is 16.6. The summed E-state index contributed by atoms with van der Waals surface area (Å²) in [6.07, 6.45) is 1.43. The van der Waals surface area contributed by atoms with Gasteiger partial charge in [-0.1, -0.05) is 41.6 Å². The number of fused-ring (bicyclic) bond motifs is 1. The number of benzene rings is 3. The van der Waals surface area contributed by atoms with Crippen molar-refractivity contribution >= 4 is 40.8 Å². The highest BCUT2D eigenvalue weighted by atomic mass is 16.4. The molecule has 3 aromatic rings. The number of anilines is 4. The SMILES string of the molecule is NC(=O)c1cc2c(cc1C(N)=O)N(c1ccccc1)C(C=NO)CN2c1ccccc1. The van der Waals surface area contributed by atoms with Gasteiger partial charge in [0.1, 0.15) is 0 Å². The highest BCUT2D eigenvalue weighted by molar-refractivity contribution is 6.09. The van der Waals surface area contributed by atoms with Crippen LogP contribution in [0.2, 0.25) is 0 Å². The summed E-state index contributed by atoms with van der Waals surface area (Å²) in [6.45, 7) is 0.421. The van der Waals surface area contributed by atoms with Crippen LogP contribution >= 0.6 is 0 Å². The molecular formula is C23H21N5O3. The summed E-state index contributed by atoms with van der Waals surface area (Å²) in [6, 6.07) is 21.8. The van der Waals surface area contributed by atoms with E-state index in [2.05, 4.69) is 5.16 Å². The molecule has 8 heteroatoms. The van der Waals surface area contributed by atoms with Crippen LogP contribution in [0.4, 0.5) is 22.7 Å². The standard InChI is InChI=1S/C23H21N5O3/c24-22(29)18-11-20-21(12-19(18)23(25)30)28(16-9-5-2-6-10-16)17(13-26-31)14-27(20)15-7-3-1-4-8-15/h1-13,17,31H,14H2,(H2,24,29)(H2,25,30). The van der Waals surface area contributed by atoms with Crippen molar-refractivity contribution in [3.05, 3.63) is 83.9 Å².